The molecule has 48 heavy (non-hydrogen) atoms. The minimum atomic E-state index is -0.658. The molecule has 0 radical (unpaired) electrons. The van der Waals surface area contributed by atoms with Crippen molar-refractivity contribution in [2.75, 3.05) is 58.1 Å². The zero-order valence-corrected chi connectivity index (χ0v) is 27.9. The van der Waals surface area contributed by atoms with Crippen molar-refractivity contribution in [2.45, 2.75) is 43.8 Å². The molecule has 7 rings (SSSR count). The molecule has 2 saturated heterocycles. The second-order valence-corrected chi connectivity index (χ2v) is 14.3. The Kier molecular flexibility index (Phi) is 8.22. The van der Waals surface area contributed by atoms with Crippen LogP contribution in [0.25, 0.3) is 32.1 Å². The van der Waals surface area contributed by atoms with E-state index in [1.54, 1.807) is 24.1 Å². The molecule has 2 unspecified atom stereocenters. The number of likely N-dealkylation sites (tertiary alicyclic amines) is 2. The number of halogens is 2. The third kappa shape index (κ3) is 5.32. The molecule has 2 aromatic heterocycles. The standard InChI is InChI=1S/C35H37F2N7O3S/c1-5-27(45)44-13-10-25(26(44)17-46-4)43(3)33-22-7-6-21(20-8-9-24(36)31-28(20)23(15-38)32(39)48-31)29(37)30(22)40-34(41-33)47-16-19-14-35(11-12-35)18-42(19)2/h5-9,19,25-26H,1,10-14,16-18,39H2,2-4H3/t19-,25?,26?/m0/s1. The first kappa shape index (κ1) is 32.2. The van der Waals surface area contributed by atoms with E-state index in [1.165, 1.54) is 31.1 Å². The molecule has 0 bridgehead atoms. The molecular formula is C35H37F2N7O3S. The summed E-state index contributed by atoms with van der Waals surface area (Å²) in [6.45, 7) is 5.83. The van der Waals surface area contributed by atoms with Crippen LogP contribution in [0.2, 0.25) is 0 Å². The summed E-state index contributed by atoms with van der Waals surface area (Å²) in [6.07, 6.45) is 5.40. The number of carbonyl (C=O) groups is 1. The van der Waals surface area contributed by atoms with Gasteiger partial charge in [-0.15, -0.1) is 11.3 Å². The Morgan fingerprint density at radius 3 is 2.71 bits per heavy atom. The Balaban J connectivity index is 1.34. The van der Waals surface area contributed by atoms with Crippen molar-refractivity contribution in [1.82, 2.24) is 19.8 Å². The highest BCUT2D eigenvalue weighted by Gasteiger charge is 2.51. The zero-order chi connectivity index (χ0) is 33.9. The van der Waals surface area contributed by atoms with Gasteiger partial charge in [-0.1, -0.05) is 18.7 Å². The predicted molar refractivity (Wildman–Crippen MR) is 182 cm³/mol. The maximum atomic E-state index is 16.9. The molecule has 2 N–H and O–H groups in total. The lowest BCUT2D eigenvalue weighted by atomic mass is 9.97. The van der Waals surface area contributed by atoms with Crippen molar-refractivity contribution in [3.63, 3.8) is 0 Å². The molecule has 3 aliphatic rings. The van der Waals surface area contributed by atoms with E-state index in [1.807, 2.05) is 11.9 Å². The predicted octanol–water partition coefficient (Wildman–Crippen LogP) is 5.34. The van der Waals surface area contributed by atoms with E-state index in [-0.39, 0.29) is 61.8 Å². The molecule has 2 aromatic carbocycles. The summed E-state index contributed by atoms with van der Waals surface area (Å²) in [5, 5.41) is 10.7. The minimum absolute atomic E-state index is 0.0253. The summed E-state index contributed by atoms with van der Waals surface area (Å²) in [5.41, 5.74) is 7.07. The van der Waals surface area contributed by atoms with E-state index in [0.29, 0.717) is 48.4 Å². The number of carbonyl (C=O) groups excluding carboxylic acids is 1. The Bertz CT molecular complexity index is 1990. The summed E-state index contributed by atoms with van der Waals surface area (Å²) in [7, 11) is 5.55. The van der Waals surface area contributed by atoms with Gasteiger partial charge in [-0.3, -0.25) is 9.69 Å². The fourth-order valence-corrected chi connectivity index (χ4v) is 8.62. The van der Waals surface area contributed by atoms with E-state index in [2.05, 4.69) is 29.6 Å². The number of likely N-dealkylation sites (N-methyl/N-ethyl adjacent to an activating group) is 2. The minimum Gasteiger partial charge on any atom is -0.462 e. The van der Waals surface area contributed by atoms with Gasteiger partial charge in [-0.05, 0) is 61.9 Å². The van der Waals surface area contributed by atoms with Crippen molar-refractivity contribution in [3.8, 4) is 23.2 Å². The van der Waals surface area contributed by atoms with Crippen LogP contribution in [0.3, 0.4) is 0 Å². The summed E-state index contributed by atoms with van der Waals surface area (Å²) >= 11 is 0.959. The van der Waals surface area contributed by atoms with Crippen LogP contribution in [-0.4, -0.2) is 91.3 Å². The Morgan fingerprint density at radius 2 is 2.02 bits per heavy atom. The fraction of sp³-hybridized carbons (Fsp3) is 0.429. The van der Waals surface area contributed by atoms with Crippen molar-refractivity contribution in [1.29, 1.82) is 5.26 Å². The Labute approximate surface area is 281 Å². The third-order valence-corrected chi connectivity index (χ3v) is 11.4. The second-order valence-electron chi connectivity index (χ2n) is 13.2. The lowest BCUT2D eigenvalue weighted by Gasteiger charge is -2.33. The van der Waals surface area contributed by atoms with Gasteiger partial charge in [0, 0.05) is 49.6 Å². The number of thiophene rings is 1. The number of nitriles is 1. The molecule has 10 nitrogen and oxygen atoms in total. The number of hydrogen-bond donors (Lipinski definition) is 1. The molecule has 13 heteroatoms. The van der Waals surface area contributed by atoms with Gasteiger partial charge in [0.05, 0.1) is 29.0 Å². The average molecular weight is 674 g/mol. The van der Waals surface area contributed by atoms with Crippen LogP contribution < -0.4 is 15.4 Å². The lowest BCUT2D eigenvalue weighted by Crippen LogP contribution is -2.48. The molecule has 3 atom stereocenters. The fourth-order valence-electron chi connectivity index (χ4n) is 7.68. The quantitative estimate of drug-likeness (QED) is 0.235. The van der Waals surface area contributed by atoms with Crippen molar-refractivity contribution in [2.24, 2.45) is 5.41 Å². The van der Waals surface area contributed by atoms with E-state index < -0.39 is 11.6 Å². The van der Waals surface area contributed by atoms with E-state index in [9.17, 15) is 14.4 Å². The molecule has 3 fully saturated rings. The third-order valence-electron chi connectivity index (χ3n) is 10.4. The highest BCUT2D eigenvalue weighted by atomic mass is 32.1. The Morgan fingerprint density at radius 1 is 1.25 bits per heavy atom. The van der Waals surface area contributed by atoms with Gasteiger partial charge in [0.25, 0.3) is 0 Å². The highest BCUT2D eigenvalue weighted by Crippen LogP contribution is 2.54. The van der Waals surface area contributed by atoms with Gasteiger partial charge < -0.3 is 25.0 Å². The number of amides is 1. The molecule has 1 aliphatic carbocycles. The van der Waals surface area contributed by atoms with Crippen LogP contribution in [0, 0.1) is 28.4 Å². The van der Waals surface area contributed by atoms with Gasteiger partial charge in [-0.2, -0.15) is 15.2 Å². The number of methoxy groups -OCH3 is 1. The SMILES string of the molecule is C=CC(=O)N1CCC(N(C)c2nc(OC[C@@H]3CC4(CC4)CN3C)nc3c(F)c(-c4ccc(F)c5sc(N)c(C#N)c45)ccc23)C1COC. The summed E-state index contributed by atoms with van der Waals surface area (Å²) < 4.78 is 43.7. The van der Waals surface area contributed by atoms with Crippen molar-refractivity contribution < 1.29 is 23.0 Å². The van der Waals surface area contributed by atoms with Crippen molar-refractivity contribution in [3.05, 3.63) is 54.1 Å². The number of nitrogens with zero attached hydrogens (tertiary/aromatic N) is 6. The number of nitrogen functional groups attached to an aromatic ring is 1. The molecule has 1 saturated carbocycles. The summed E-state index contributed by atoms with van der Waals surface area (Å²) in [5.74, 6) is -0.939. The zero-order valence-electron chi connectivity index (χ0n) is 27.1. The molecule has 1 spiro atoms. The van der Waals surface area contributed by atoms with Gasteiger partial charge in [0.15, 0.2) is 5.82 Å². The number of hydrogen-bond acceptors (Lipinski definition) is 10. The number of fused-ring (bicyclic) bond motifs is 2. The maximum Gasteiger partial charge on any atom is 0.319 e. The van der Waals surface area contributed by atoms with Crippen LogP contribution in [0.15, 0.2) is 36.9 Å². The lowest BCUT2D eigenvalue weighted by molar-refractivity contribution is -0.127. The number of aromatic nitrogens is 2. The monoisotopic (exact) mass is 673 g/mol. The summed E-state index contributed by atoms with van der Waals surface area (Å²) in [4.78, 5) is 28.2. The van der Waals surface area contributed by atoms with Gasteiger partial charge in [-0.25, -0.2) is 8.78 Å². The maximum absolute atomic E-state index is 16.9. The van der Waals surface area contributed by atoms with Gasteiger partial charge in [0.2, 0.25) is 5.91 Å². The van der Waals surface area contributed by atoms with Crippen molar-refractivity contribution >= 4 is 49.1 Å². The van der Waals surface area contributed by atoms with E-state index >= 15 is 4.39 Å². The van der Waals surface area contributed by atoms with Crippen LogP contribution in [-0.2, 0) is 9.53 Å². The number of rotatable bonds is 9. The van der Waals surface area contributed by atoms with E-state index in [0.717, 1.165) is 24.3 Å². The first-order valence-electron chi connectivity index (χ1n) is 16.0. The van der Waals surface area contributed by atoms with Crippen LogP contribution in [0.1, 0.15) is 31.2 Å². The molecule has 2 aliphatic heterocycles. The van der Waals surface area contributed by atoms with E-state index in [4.69, 9.17) is 20.2 Å². The van der Waals surface area contributed by atoms with Gasteiger partial charge >= 0.3 is 6.01 Å². The number of benzene rings is 2. The number of ether oxygens (including phenoxy) is 2. The van der Waals surface area contributed by atoms with Crippen LogP contribution in [0.5, 0.6) is 6.01 Å². The average Bonchev–Trinajstić information content (AvgIpc) is 3.38. The first-order chi connectivity index (χ1) is 23.1. The normalized spacial score (nSPS) is 21.7. The van der Waals surface area contributed by atoms with Crippen LogP contribution in [0.4, 0.5) is 19.6 Å². The number of anilines is 2. The largest absolute Gasteiger partial charge is 0.462 e. The smallest absolute Gasteiger partial charge is 0.319 e. The Hall–Kier alpha value is -4.38. The topological polar surface area (TPSA) is 121 Å². The second kappa shape index (κ2) is 12.3. The van der Waals surface area contributed by atoms with Gasteiger partial charge in [0.1, 0.15) is 34.8 Å². The first-order valence-corrected chi connectivity index (χ1v) is 16.8. The van der Waals surface area contributed by atoms with Crippen LogP contribution >= 0.6 is 11.3 Å². The molecular weight excluding hydrogens is 636 g/mol. The molecule has 4 aromatic rings. The molecule has 4 heterocycles. The highest BCUT2D eigenvalue weighted by molar-refractivity contribution is 7.23. The number of nitrogens with two attached hydrogens (primary N) is 1. The summed E-state index contributed by atoms with van der Waals surface area (Å²) in [6, 6.07) is 7.81. The molecule has 250 valence electrons. The molecule has 1 amide bonds.